The number of carbonyl (C=O) groups excluding carboxylic acids is 1. The SMILES string of the molecule is CC(C)(C)OC(=O)N1CC(C=CCCOCc2ccccc2)CC(C=CCCOCc2ccccc2)C1. The van der Waals surface area contributed by atoms with Crippen molar-refractivity contribution in [1.29, 1.82) is 0 Å². The van der Waals surface area contributed by atoms with Gasteiger partial charge in [-0.1, -0.05) is 85.0 Å². The number of ether oxygens (including phenoxy) is 3. The minimum atomic E-state index is -0.503. The summed E-state index contributed by atoms with van der Waals surface area (Å²) < 4.78 is 17.3. The Morgan fingerprint density at radius 3 is 1.70 bits per heavy atom. The smallest absolute Gasteiger partial charge is 0.410 e. The molecule has 0 bridgehead atoms. The highest BCUT2D eigenvalue weighted by Crippen LogP contribution is 2.26. The average molecular weight is 506 g/mol. The van der Waals surface area contributed by atoms with Crippen LogP contribution < -0.4 is 0 Å². The lowest BCUT2D eigenvalue weighted by molar-refractivity contribution is 0.0150. The number of likely N-dealkylation sites (tertiary alicyclic amines) is 1. The topological polar surface area (TPSA) is 48.0 Å². The van der Waals surface area contributed by atoms with Crippen LogP contribution in [0.25, 0.3) is 0 Å². The zero-order valence-electron chi connectivity index (χ0n) is 22.7. The van der Waals surface area contributed by atoms with Gasteiger partial charge in [0.25, 0.3) is 0 Å². The second-order valence-electron chi connectivity index (χ2n) is 10.7. The van der Waals surface area contributed by atoms with Gasteiger partial charge in [-0.2, -0.15) is 0 Å². The van der Waals surface area contributed by atoms with Crippen LogP contribution in [0.15, 0.2) is 85.0 Å². The fourth-order valence-electron chi connectivity index (χ4n) is 4.34. The Morgan fingerprint density at radius 1 is 0.811 bits per heavy atom. The average Bonchev–Trinajstić information content (AvgIpc) is 2.88. The lowest BCUT2D eigenvalue weighted by atomic mass is 9.88. The molecule has 1 heterocycles. The molecule has 1 aliphatic rings. The largest absolute Gasteiger partial charge is 0.444 e. The minimum absolute atomic E-state index is 0.235. The van der Waals surface area contributed by atoms with Crippen LogP contribution in [-0.2, 0) is 27.4 Å². The van der Waals surface area contributed by atoms with Crippen molar-refractivity contribution in [1.82, 2.24) is 4.90 Å². The molecule has 1 amide bonds. The molecule has 1 fully saturated rings. The molecule has 0 aliphatic carbocycles. The number of nitrogens with zero attached hydrogens (tertiary/aromatic N) is 1. The van der Waals surface area contributed by atoms with E-state index in [9.17, 15) is 4.79 Å². The fraction of sp³-hybridized carbons (Fsp3) is 0.469. The van der Waals surface area contributed by atoms with Gasteiger partial charge in [-0.05, 0) is 63.0 Å². The van der Waals surface area contributed by atoms with Crippen LogP contribution in [0.5, 0.6) is 0 Å². The normalized spacial score (nSPS) is 18.5. The number of amides is 1. The molecule has 3 rings (SSSR count). The molecule has 0 spiro atoms. The maximum atomic E-state index is 12.8. The number of hydrogen-bond donors (Lipinski definition) is 0. The molecule has 2 atom stereocenters. The van der Waals surface area contributed by atoms with E-state index in [4.69, 9.17) is 14.2 Å². The standard InChI is InChI=1S/C32H43NO4/c1-32(2,3)37-31(34)33-23-29(18-10-12-20-35-25-27-14-6-4-7-15-27)22-30(24-33)19-11-13-21-36-26-28-16-8-5-9-17-28/h4-11,14-19,29-30H,12-13,20-26H2,1-3H3. The van der Waals surface area contributed by atoms with Gasteiger partial charge in [-0.25, -0.2) is 4.79 Å². The van der Waals surface area contributed by atoms with Crippen LogP contribution in [0.4, 0.5) is 4.79 Å². The Balaban J connectivity index is 1.45. The maximum Gasteiger partial charge on any atom is 0.410 e. The highest BCUT2D eigenvalue weighted by Gasteiger charge is 2.30. The highest BCUT2D eigenvalue weighted by molar-refractivity contribution is 5.68. The third-order valence-electron chi connectivity index (χ3n) is 6.06. The van der Waals surface area contributed by atoms with Crippen molar-refractivity contribution in [3.63, 3.8) is 0 Å². The van der Waals surface area contributed by atoms with Crippen LogP contribution in [0.1, 0.15) is 51.2 Å². The second-order valence-corrected chi connectivity index (χ2v) is 10.7. The van der Waals surface area contributed by atoms with Gasteiger partial charge in [-0.3, -0.25) is 0 Å². The predicted octanol–water partition coefficient (Wildman–Crippen LogP) is 7.19. The van der Waals surface area contributed by atoms with Crippen molar-refractivity contribution in [2.24, 2.45) is 11.8 Å². The Morgan fingerprint density at radius 2 is 1.27 bits per heavy atom. The molecule has 0 aromatic heterocycles. The molecule has 5 heteroatoms. The summed E-state index contributed by atoms with van der Waals surface area (Å²) in [6, 6.07) is 20.4. The molecule has 0 N–H and O–H groups in total. The molecule has 2 unspecified atom stereocenters. The molecule has 0 radical (unpaired) electrons. The summed E-state index contributed by atoms with van der Waals surface area (Å²) >= 11 is 0. The fourth-order valence-corrected chi connectivity index (χ4v) is 4.34. The van der Waals surface area contributed by atoms with Crippen molar-refractivity contribution in [2.45, 2.75) is 58.8 Å². The van der Waals surface area contributed by atoms with E-state index in [1.807, 2.05) is 62.1 Å². The molecule has 5 nitrogen and oxygen atoms in total. The molecule has 2 aromatic carbocycles. The number of carbonyl (C=O) groups is 1. The number of hydrogen-bond acceptors (Lipinski definition) is 4. The zero-order valence-corrected chi connectivity index (χ0v) is 22.7. The van der Waals surface area contributed by atoms with E-state index in [1.165, 1.54) is 11.1 Å². The summed E-state index contributed by atoms with van der Waals surface area (Å²) in [5.41, 5.74) is 1.87. The molecule has 1 saturated heterocycles. The van der Waals surface area contributed by atoms with Crippen molar-refractivity contribution < 1.29 is 19.0 Å². The van der Waals surface area contributed by atoms with E-state index < -0.39 is 5.60 Å². The molecular formula is C32H43NO4. The van der Waals surface area contributed by atoms with E-state index in [1.54, 1.807) is 0 Å². The van der Waals surface area contributed by atoms with Gasteiger partial charge in [0.1, 0.15) is 5.60 Å². The molecule has 1 aliphatic heterocycles. The summed E-state index contributed by atoms with van der Waals surface area (Å²) in [7, 11) is 0. The molecule has 0 saturated carbocycles. The van der Waals surface area contributed by atoms with Crippen molar-refractivity contribution in [2.75, 3.05) is 26.3 Å². The van der Waals surface area contributed by atoms with Gasteiger partial charge in [0.05, 0.1) is 26.4 Å². The molecule has 2 aromatic rings. The quantitative estimate of drug-likeness (QED) is 0.226. The summed E-state index contributed by atoms with van der Waals surface area (Å²) in [6.07, 6.45) is 11.4. The monoisotopic (exact) mass is 505 g/mol. The summed E-state index contributed by atoms with van der Waals surface area (Å²) in [6.45, 7) is 9.72. The number of benzene rings is 2. The lowest BCUT2D eigenvalue weighted by Crippen LogP contribution is -2.45. The highest BCUT2D eigenvalue weighted by atomic mass is 16.6. The Hall–Kier alpha value is -2.89. The Bertz CT molecular complexity index is 900. The summed E-state index contributed by atoms with van der Waals surface area (Å²) in [5.74, 6) is 0.582. The number of rotatable bonds is 12. The first-order chi connectivity index (χ1) is 17.9. The van der Waals surface area contributed by atoms with Crippen molar-refractivity contribution >= 4 is 6.09 Å². The first-order valence-electron chi connectivity index (χ1n) is 13.4. The predicted molar refractivity (Wildman–Crippen MR) is 149 cm³/mol. The van der Waals surface area contributed by atoms with Gasteiger partial charge in [-0.15, -0.1) is 0 Å². The first-order valence-corrected chi connectivity index (χ1v) is 13.4. The van der Waals surface area contributed by atoms with Crippen LogP contribution in [-0.4, -0.2) is 42.9 Å². The Labute approximate surface area is 223 Å². The maximum absolute atomic E-state index is 12.8. The minimum Gasteiger partial charge on any atom is -0.444 e. The second kappa shape index (κ2) is 15.4. The summed E-state index contributed by atoms with van der Waals surface area (Å²) in [5, 5.41) is 0. The molecule has 37 heavy (non-hydrogen) atoms. The van der Waals surface area contributed by atoms with Crippen molar-refractivity contribution in [3.05, 3.63) is 96.1 Å². The van der Waals surface area contributed by atoms with E-state index in [0.717, 1.165) is 19.3 Å². The molecular weight excluding hydrogens is 462 g/mol. The number of piperidine rings is 1. The van der Waals surface area contributed by atoms with Crippen LogP contribution in [0.2, 0.25) is 0 Å². The van der Waals surface area contributed by atoms with Crippen LogP contribution >= 0.6 is 0 Å². The van der Waals surface area contributed by atoms with Gasteiger partial charge in [0.15, 0.2) is 0 Å². The lowest BCUT2D eigenvalue weighted by Gasteiger charge is -2.36. The third kappa shape index (κ3) is 11.8. The van der Waals surface area contributed by atoms with E-state index in [0.29, 0.717) is 51.4 Å². The van der Waals surface area contributed by atoms with Crippen molar-refractivity contribution in [3.8, 4) is 0 Å². The van der Waals surface area contributed by atoms with Crippen LogP contribution in [0.3, 0.4) is 0 Å². The van der Waals surface area contributed by atoms with Gasteiger partial charge < -0.3 is 19.1 Å². The van der Waals surface area contributed by atoms with Gasteiger partial charge in [0, 0.05) is 13.1 Å². The third-order valence-corrected chi connectivity index (χ3v) is 6.06. The van der Waals surface area contributed by atoms with E-state index >= 15 is 0 Å². The van der Waals surface area contributed by atoms with E-state index in [-0.39, 0.29) is 6.09 Å². The van der Waals surface area contributed by atoms with Crippen LogP contribution in [0, 0.1) is 11.8 Å². The van der Waals surface area contributed by atoms with Gasteiger partial charge >= 0.3 is 6.09 Å². The Kier molecular flexibility index (Phi) is 11.9. The zero-order chi connectivity index (χ0) is 26.3. The van der Waals surface area contributed by atoms with Gasteiger partial charge in [0.2, 0.25) is 0 Å². The molecule has 200 valence electrons. The van der Waals surface area contributed by atoms with E-state index in [2.05, 4.69) is 48.6 Å². The first kappa shape index (κ1) is 28.7. The summed E-state index contributed by atoms with van der Waals surface area (Å²) in [4.78, 5) is 14.7.